The Morgan fingerprint density at radius 2 is 2.14 bits per heavy atom. The molecule has 22 heavy (non-hydrogen) atoms. The number of pyridine rings is 1. The van der Waals surface area contributed by atoms with Crippen molar-refractivity contribution in [3.63, 3.8) is 0 Å². The molecule has 7 heteroatoms. The van der Waals surface area contributed by atoms with Crippen LogP contribution < -0.4 is 14.8 Å². The highest BCUT2D eigenvalue weighted by atomic mass is 32.2. The van der Waals surface area contributed by atoms with Crippen LogP contribution in [0.2, 0.25) is 0 Å². The Morgan fingerprint density at radius 3 is 2.68 bits per heavy atom. The van der Waals surface area contributed by atoms with E-state index < -0.39 is 0 Å². The van der Waals surface area contributed by atoms with E-state index in [0.717, 1.165) is 21.8 Å². The molecular formula is C15H15N5OS. The first-order chi connectivity index (χ1) is 10.7. The Morgan fingerprint density at radius 1 is 1.32 bits per heavy atom. The Labute approximate surface area is 133 Å². The standard InChI is InChI=1S/C15H15N5OS/c1-18-14-10(7-16)3-6-13(21-2)15(14)20-22-12-5-4-11(8-17)19-9-12/h3-7,9,16,18,20H,1-2H3. The van der Waals surface area contributed by atoms with Gasteiger partial charge in [0.05, 0.1) is 12.8 Å². The van der Waals surface area contributed by atoms with Crippen LogP contribution in [-0.4, -0.2) is 25.4 Å². The zero-order valence-corrected chi connectivity index (χ0v) is 13.0. The van der Waals surface area contributed by atoms with Gasteiger partial charge in [0.1, 0.15) is 23.2 Å². The van der Waals surface area contributed by atoms with Crippen LogP contribution in [0.3, 0.4) is 0 Å². The van der Waals surface area contributed by atoms with Crippen LogP contribution >= 0.6 is 11.9 Å². The number of hydrogen-bond donors (Lipinski definition) is 3. The van der Waals surface area contributed by atoms with Gasteiger partial charge < -0.3 is 20.2 Å². The van der Waals surface area contributed by atoms with Gasteiger partial charge in [0.15, 0.2) is 0 Å². The lowest BCUT2D eigenvalue weighted by atomic mass is 10.1. The predicted molar refractivity (Wildman–Crippen MR) is 88.9 cm³/mol. The first-order valence-electron chi connectivity index (χ1n) is 6.41. The van der Waals surface area contributed by atoms with Crippen LogP contribution in [0, 0.1) is 16.7 Å². The number of ether oxygens (including phenoxy) is 1. The fourth-order valence-corrected chi connectivity index (χ4v) is 2.54. The molecule has 112 valence electrons. The summed E-state index contributed by atoms with van der Waals surface area (Å²) in [5.41, 5.74) is 2.66. The van der Waals surface area contributed by atoms with E-state index >= 15 is 0 Å². The third-order valence-electron chi connectivity index (χ3n) is 2.95. The minimum Gasteiger partial charge on any atom is -0.494 e. The molecule has 0 aliphatic carbocycles. The number of nitrogens with one attached hydrogen (secondary N) is 3. The summed E-state index contributed by atoms with van der Waals surface area (Å²) in [7, 11) is 3.39. The highest BCUT2D eigenvalue weighted by Gasteiger charge is 2.12. The van der Waals surface area contributed by atoms with E-state index in [0.29, 0.717) is 11.4 Å². The topological polar surface area (TPSA) is 93.8 Å². The summed E-state index contributed by atoms with van der Waals surface area (Å²) >= 11 is 1.35. The monoisotopic (exact) mass is 313 g/mol. The number of nitrogens with zero attached hydrogens (tertiary/aromatic N) is 2. The van der Waals surface area contributed by atoms with E-state index in [9.17, 15) is 0 Å². The maximum Gasteiger partial charge on any atom is 0.144 e. The number of aromatic nitrogens is 1. The summed E-state index contributed by atoms with van der Waals surface area (Å²) in [6.45, 7) is 0. The molecule has 0 bridgehead atoms. The van der Waals surface area contributed by atoms with Gasteiger partial charge in [0.25, 0.3) is 0 Å². The highest BCUT2D eigenvalue weighted by molar-refractivity contribution is 8.00. The van der Waals surface area contributed by atoms with Crippen molar-refractivity contribution in [3.8, 4) is 11.8 Å². The van der Waals surface area contributed by atoms with Gasteiger partial charge in [0.2, 0.25) is 0 Å². The van der Waals surface area contributed by atoms with Gasteiger partial charge >= 0.3 is 0 Å². The molecule has 1 aromatic carbocycles. The smallest absolute Gasteiger partial charge is 0.144 e. The van der Waals surface area contributed by atoms with Gasteiger partial charge in [-0.05, 0) is 36.2 Å². The summed E-state index contributed by atoms with van der Waals surface area (Å²) in [5.74, 6) is 0.670. The van der Waals surface area contributed by atoms with Crippen molar-refractivity contribution in [2.45, 2.75) is 4.90 Å². The molecule has 1 heterocycles. The van der Waals surface area contributed by atoms with Crippen molar-refractivity contribution in [3.05, 3.63) is 41.7 Å². The van der Waals surface area contributed by atoms with Gasteiger partial charge in [-0.2, -0.15) is 5.26 Å². The molecule has 2 rings (SSSR count). The quantitative estimate of drug-likeness (QED) is 0.560. The fourth-order valence-electron chi connectivity index (χ4n) is 1.88. The van der Waals surface area contributed by atoms with Crippen LogP contribution in [0.4, 0.5) is 11.4 Å². The number of nitriles is 1. The molecule has 0 saturated carbocycles. The van der Waals surface area contributed by atoms with Crippen molar-refractivity contribution in [2.24, 2.45) is 0 Å². The van der Waals surface area contributed by atoms with E-state index in [4.69, 9.17) is 15.4 Å². The average Bonchev–Trinajstić information content (AvgIpc) is 2.59. The van der Waals surface area contributed by atoms with Crippen LogP contribution in [0.15, 0.2) is 35.4 Å². The molecule has 0 radical (unpaired) electrons. The lowest BCUT2D eigenvalue weighted by Crippen LogP contribution is -2.02. The first kappa shape index (κ1) is 15.7. The highest BCUT2D eigenvalue weighted by Crippen LogP contribution is 2.37. The summed E-state index contributed by atoms with van der Waals surface area (Å²) < 4.78 is 8.58. The molecule has 0 atom stereocenters. The minimum absolute atomic E-state index is 0.378. The van der Waals surface area contributed by atoms with E-state index in [-0.39, 0.29) is 0 Å². The van der Waals surface area contributed by atoms with Gasteiger partial charge in [-0.25, -0.2) is 4.98 Å². The molecule has 1 aromatic heterocycles. The molecule has 0 aliphatic heterocycles. The van der Waals surface area contributed by atoms with Crippen molar-refractivity contribution >= 4 is 29.5 Å². The Hall–Kier alpha value is -2.72. The van der Waals surface area contributed by atoms with Crippen molar-refractivity contribution in [1.82, 2.24) is 4.98 Å². The lowest BCUT2D eigenvalue weighted by molar-refractivity contribution is 0.417. The van der Waals surface area contributed by atoms with Gasteiger partial charge in [0, 0.05) is 29.9 Å². The van der Waals surface area contributed by atoms with Gasteiger partial charge in [-0.15, -0.1) is 0 Å². The van der Waals surface area contributed by atoms with Gasteiger partial charge in [-0.3, -0.25) is 0 Å². The molecule has 6 nitrogen and oxygen atoms in total. The molecule has 0 unspecified atom stereocenters. The number of anilines is 2. The Kier molecular flexibility index (Phi) is 5.22. The lowest BCUT2D eigenvalue weighted by Gasteiger charge is -2.16. The normalized spacial score (nSPS) is 9.68. The van der Waals surface area contributed by atoms with Crippen molar-refractivity contribution in [1.29, 1.82) is 10.7 Å². The minimum atomic E-state index is 0.378. The molecular weight excluding hydrogens is 298 g/mol. The zero-order valence-electron chi connectivity index (χ0n) is 12.2. The second-order valence-electron chi connectivity index (χ2n) is 4.20. The largest absolute Gasteiger partial charge is 0.494 e. The number of hydrogen-bond acceptors (Lipinski definition) is 7. The third-order valence-corrected chi connectivity index (χ3v) is 3.73. The molecule has 3 N–H and O–H groups in total. The second-order valence-corrected chi connectivity index (χ2v) is 5.08. The summed E-state index contributed by atoms with van der Waals surface area (Å²) in [5, 5.41) is 19.3. The van der Waals surface area contributed by atoms with Crippen LogP contribution in [0.25, 0.3) is 0 Å². The Balaban J connectivity index is 2.27. The van der Waals surface area contributed by atoms with Crippen molar-refractivity contribution < 1.29 is 4.74 Å². The fraction of sp³-hybridized carbons (Fsp3) is 0.133. The number of benzene rings is 1. The van der Waals surface area contributed by atoms with E-state index in [2.05, 4.69) is 15.0 Å². The summed E-state index contributed by atoms with van der Waals surface area (Å²) in [6, 6.07) is 9.08. The molecule has 0 spiro atoms. The number of rotatable bonds is 6. The third kappa shape index (κ3) is 3.30. The SMILES string of the molecule is CNc1c(C=N)ccc(OC)c1NSc1ccc(C#N)nc1. The van der Waals surface area contributed by atoms with Gasteiger partial charge in [-0.1, -0.05) is 0 Å². The van der Waals surface area contributed by atoms with E-state index in [1.807, 2.05) is 18.2 Å². The average molecular weight is 313 g/mol. The molecule has 0 fully saturated rings. The second kappa shape index (κ2) is 7.33. The summed E-state index contributed by atoms with van der Waals surface area (Å²) in [6.07, 6.45) is 2.91. The maximum atomic E-state index is 8.75. The predicted octanol–water partition coefficient (Wildman–Crippen LogP) is 3.12. The maximum absolute atomic E-state index is 8.75. The van der Waals surface area contributed by atoms with Crippen LogP contribution in [-0.2, 0) is 0 Å². The molecule has 0 saturated heterocycles. The van der Waals surface area contributed by atoms with E-state index in [1.165, 1.54) is 18.2 Å². The first-order valence-corrected chi connectivity index (χ1v) is 7.23. The molecule has 0 aliphatic rings. The van der Waals surface area contributed by atoms with Crippen LogP contribution in [0.1, 0.15) is 11.3 Å². The molecule has 0 amide bonds. The Bertz CT molecular complexity index is 709. The molecule has 2 aromatic rings. The summed E-state index contributed by atoms with van der Waals surface area (Å²) in [4.78, 5) is 4.89. The van der Waals surface area contributed by atoms with Crippen molar-refractivity contribution in [2.75, 3.05) is 24.2 Å². The number of methoxy groups -OCH3 is 1. The van der Waals surface area contributed by atoms with Crippen LogP contribution in [0.5, 0.6) is 5.75 Å². The van der Waals surface area contributed by atoms with E-state index in [1.54, 1.807) is 32.5 Å². The zero-order chi connectivity index (χ0) is 15.9.